The molecule has 66 valence electrons. The van der Waals surface area contributed by atoms with E-state index in [9.17, 15) is 0 Å². The van der Waals surface area contributed by atoms with Crippen LogP contribution < -0.4 is 4.74 Å². The number of aliphatic hydroxyl groups excluding tert-OH is 1. The van der Waals surface area contributed by atoms with Gasteiger partial charge < -0.3 is 9.84 Å². The summed E-state index contributed by atoms with van der Waals surface area (Å²) in [6, 6.07) is 7.13. The maximum atomic E-state index is 8.73. The van der Waals surface area contributed by atoms with Gasteiger partial charge in [0.05, 0.1) is 5.88 Å². The van der Waals surface area contributed by atoms with E-state index in [1.54, 1.807) is 12.1 Å². The maximum absolute atomic E-state index is 8.73. The van der Waals surface area contributed by atoms with Gasteiger partial charge in [0.1, 0.15) is 5.75 Å². The minimum absolute atomic E-state index is 0.333. The Morgan fingerprint density at radius 3 is 2.67 bits per heavy atom. The predicted octanol–water partition coefficient (Wildman–Crippen LogP) is 2.32. The number of hydrogen-bond acceptors (Lipinski definition) is 2. The first-order valence-electron chi connectivity index (χ1n) is 3.36. The van der Waals surface area contributed by atoms with Gasteiger partial charge >= 0.3 is 0 Å². The fraction of sp³-hybridized carbons (Fsp3) is 0.250. The fourth-order valence-electron chi connectivity index (χ4n) is 0.834. The van der Waals surface area contributed by atoms with Gasteiger partial charge in [-0.25, -0.2) is 0 Å². The van der Waals surface area contributed by atoms with E-state index in [0.717, 1.165) is 5.56 Å². The summed E-state index contributed by atoms with van der Waals surface area (Å²) >= 11 is 10.8. The summed E-state index contributed by atoms with van der Waals surface area (Å²) in [4.78, 5) is 0. The van der Waals surface area contributed by atoms with Crippen molar-refractivity contribution in [2.45, 2.75) is 11.6 Å². The highest BCUT2D eigenvalue weighted by atomic mass is 35.5. The van der Waals surface area contributed by atoms with Crippen LogP contribution >= 0.6 is 23.2 Å². The first-order chi connectivity index (χ1) is 5.74. The van der Waals surface area contributed by atoms with Crippen molar-refractivity contribution in [3.8, 4) is 5.75 Å². The molecule has 1 aromatic carbocycles. The number of hydrogen-bond donors (Lipinski definition) is 1. The van der Waals surface area contributed by atoms with Crippen molar-refractivity contribution >= 4 is 23.2 Å². The highest BCUT2D eigenvalue weighted by molar-refractivity contribution is 6.18. The molecule has 4 heteroatoms. The molecule has 0 saturated carbocycles. The number of benzene rings is 1. The molecule has 0 saturated heterocycles. The van der Waals surface area contributed by atoms with Crippen LogP contribution in [0.5, 0.6) is 5.75 Å². The molecule has 1 unspecified atom stereocenters. The molecule has 0 aromatic heterocycles. The van der Waals surface area contributed by atoms with Crippen molar-refractivity contribution in [1.82, 2.24) is 0 Å². The summed E-state index contributed by atoms with van der Waals surface area (Å²) in [6.45, 7) is 0. The third kappa shape index (κ3) is 2.55. The zero-order valence-corrected chi connectivity index (χ0v) is 7.72. The first kappa shape index (κ1) is 9.65. The molecule has 1 aromatic rings. The highest BCUT2D eigenvalue weighted by Gasteiger charge is 2.04. The second kappa shape index (κ2) is 4.55. The standard InChI is InChI=1S/C8H8Cl2O2/c9-5-6-3-1-2-4-7(6)12-8(10)11/h1-4,8,11H,5H2. The smallest absolute Gasteiger partial charge is 0.277 e. The molecular weight excluding hydrogens is 199 g/mol. The van der Waals surface area contributed by atoms with Gasteiger partial charge in [0.25, 0.3) is 5.75 Å². The van der Waals surface area contributed by atoms with Crippen LogP contribution in [0.25, 0.3) is 0 Å². The number of alkyl halides is 2. The lowest BCUT2D eigenvalue weighted by atomic mass is 10.2. The van der Waals surface area contributed by atoms with Crippen molar-refractivity contribution in [3.63, 3.8) is 0 Å². The number of rotatable bonds is 3. The van der Waals surface area contributed by atoms with E-state index >= 15 is 0 Å². The molecule has 0 aliphatic rings. The lowest BCUT2D eigenvalue weighted by molar-refractivity contribution is 0.0547. The van der Waals surface area contributed by atoms with E-state index in [1.807, 2.05) is 12.1 Å². The van der Waals surface area contributed by atoms with Crippen molar-refractivity contribution < 1.29 is 9.84 Å². The van der Waals surface area contributed by atoms with Crippen LogP contribution in [0.3, 0.4) is 0 Å². The third-order valence-corrected chi connectivity index (χ3v) is 1.72. The van der Waals surface area contributed by atoms with E-state index < -0.39 is 5.75 Å². The lowest BCUT2D eigenvalue weighted by Crippen LogP contribution is -2.07. The summed E-state index contributed by atoms with van der Waals surface area (Å²) in [5.41, 5.74) is 0.805. The Bertz CT molecular complexity index is 251. The lowest BCUT2D eigenvalue weighted by Gasteiger charge is -2.09. The van der Waals surface area contributed by atoms with Crippen molar-refractivity contribution in [1.29, 1.82) is 0 Å². The topological polar surface area (TPSA) is 29.5 Å². The van der Waals surface area contributed by atoms with Gasteiger partial charge in [0.15, 0.2) is 0 Å². The number of para-hydroxylation sites is 1. The average Bonchev–Trinajstić information content (AvgIpc) is 2.04. The van der Waals surface area contributed by atoms with E-state index in [4.69, 9.17) is 33.0 Å². The van der Waals surface area contributed by atoms with Crippen LogP contribution in [-0.4, -0.2) is 10.9 Å². The molecule has 1 atom stereocenters. The summed E-state index contributed by atoms with van der Waals surface area (Å²) in [7, 11) is 0. The van der Waals surface area contributed by atoms with Crippen LogP contribution in [0.15, 0.2) is 24.3 Å². The minimum Gasteiger partial charge on any atom is -0.451 e. The highest BCUT2D eigenvalue weighted by Crippen LogP contribution is 2.21. The Morgan fingerprint density at radius 1 is 1.42 bits per heavy atom. The van der Waals surface area contributed by atoms with Gasteiger partial charge in [-0.3, -0.25) is 0 Å². The molecule has 0 aliphatic carbocycles. The second-order valence-electron chi connectivity index (χ2n) is 2.15. The Balaban J connectivity index is 2.82. The van der Waals surface area contributed by atoms with Gasteiger partial charge in [0.2, 0.25) is 0 Å². The molecule has 1 rings (SSSR count). The van der Waals surface area contributed by atoms with Crippen LogP contribution in [0.2, 0.25) is 0 Å². The van der Waals surface area contributed by atoms with Gasteiger partial charge in [-0.1, -0.05) is 18.2 Å². The first-order valence-corrected chi connectivity index (χ1v) is 4.34. The second-order valence-corrected chi connectivity index (χ2v) is 2.79. The van der Waals surface area contributed by atoms with Gasteiger partial charge in [-0.05, 0) is 17.7 Å². The fourth-order valence-corrected chi connectivity index (χ4v) is 1.15. The van der Waals surface area contributed by atoms with Crippen LogP contribution in [0, 0.1) is 0 Å². The molecule has 0 bridgehead atoms. The van der Waals surface area contributed by atoms with Gasteiger partial charge in [0, 0.05) is 5.56 Å². The Hall–Kier alpha value is -0.440. The Morgan fingerprint density at radius 2 is 2.08 bits per heavy atom. The molecule has 0 aliphatic heterocycles. The summed E-state index contributed by atoms with van der Waals surface area (Å²) in [5, 5.41) is 8.73. The summed E-state index contributed by atoms with van der Waals surface area (Å²) in [6.07, 6.45) is 0. The monoisotopic (exact) mass is 206 g/mol. The zero-order chi connectivity index (χ0) is 8.97. The molecular formula is C8H8Cl2O2. The Kier molecular flexibility index (Phi) is 3.66. The third-order valence-electron chi connectivity index (χ3n) is 1.34. The quantitative estimate of drug-likeness (QED) is 0.608. The van der Waals surface area contributed by atoms with Crippen molar-refractivity contribution in [2.75, 3.05) is 0 Å². The molecule has 0 heterocycles. The SMILES string of the molecule is OC(Cl)Oc1ccccc1CCl. The molecule has 0 spiro atoms. The van der Waals surface area contributed by atoms with E-state index in [0.29, 0.717) is 11.6 Å². The number of ether oxygens (including phenoxy) is 1. The molecule has 0 fully saturated rings. The van der Waals surface area contributed by atoms with E-state index in [2.05, 4.69) is 0 Å². The van der Waals surface area contributed by atoms with Gasteiger partial charge in [-0.15, -0.1) is 11.6 Å². The van der Waals surface area contributed by atoms with Crippen LogP contribution in [0.1, 0.15) is 5.56 Å². The Labute approximate surface area is 80.7 Å². The largest absolute Gasteiger partial charge is 0.451 e. The molecule has 0 radical (unpaired) electrons. The summed E-state index contributed by atoms with van der Waals surface area (Å²) in [5.74, 6) is -0.482. The molecule has 1 N–H and O–H groups in total. The normalized spacial score (nSPS) is 12.6. The van der Waals surface area contributed by atoms with Crippen LogP contribution in [0.4, 0.5) is 0 Å². The maximum Gasteiger partial charge on any atom is 0.277 e. The predicted molar refractivity (Wildman–Crippen MR) is 48.5 cm³/mol. The van der Waals surface area contributed by atoms with Crippen LogP contribution in [-0.2, 0) is 5.88 Å². The number of halogens is 2. The summed E-state index contributed by atoms with van der Waals surface area (Å²) < 4.78 is 4.87. The zero-order valence-electron chi connectivity index (χ0n) is 6.21. The van der Waals surface area contributed by atoms with E-state index in [-0.39, 0.29) is 0 Å². The van der Waals surface area contributed by atoms with Gasteiger partial charge in [-0.2, -0.15) is 0 Å². The minimum atomic E-state index is -1.32. The van der Waals surface area contributed by atoms with Crippen molar-refractivity contribution in [3.05, 3.63) is 29.8 Å². The average molecular weight is 207 g/mol. The molecule has 2 nitrogen and oxygen atoms in total. The molecule has 0 amide bonds. The number of aliphatic hydroxyl groups is 1. The molecule has 12 heavy (non-hydrogen) atoms. The van der Waals surface area contributed by atoms with Crippen molar-refractivity contribution in [2.24, 2.45) is 0 Å². The van der Waals surface area contributed by atoms with E-state index in [1.165, 1.54) is 0 Å².